The molecule has 0 amide bonds. The van der Waals surface area contributed by atoms with E-state index in [9.17, 15) is 0 Å². The third-order valence-corrected chi connectivity index (χ3v) is 3.39. The van der Waals surface area contributed by atoms with Gasteiger partial charge in [0.1, 0.15) is 0 Å². The molecule has 0 aromatic heterocycles. The molecule has 0 spiro atoms. The van der Waals surface area contributed by atoms with Crippen LogP contribution in [0.25, 0.3) is 0 Å². The lowest BCUT2D eigenvalue weighted by Gasteiger charge is -2.46. The van der Waals surface area contributed by atoms with E-state index in [4.69, 9.17) is 4.74 Å². The van der Waals surface area contributed by atoms with E-state index in [1.165, 1.54) is 12.8 Å². The van der Waals surface area contributed by atoms with Gasteiger partial charge in [-0.2, -0.15) is 0 Å². The first kappa shape index (κ1) is 10.0. The van der Waals surface area contributed by atoms with Gasteiger partial charge < -0.3 is 4.74 Å². The molecule has 1 heterocycles. The molecular weight excluding hydrogens is 148 g/mol. The normalized spacial score (nSPS) is 38.2. The van der Waals surface area contributed by atoms with Gasteiger partial charge >= 0.3 is 0 Å². The lowest BCUT2D eigenvalue weighted by Crippen LogP contribution is -2.46. The lowest BCUT2D eigenvalue weighted by atomic mass is 9.72. The summed E-state index contributed by atoms with van der Waals surface area (Å²) in [7, 11) is 0. The summed E-state index contributed by atoms with van der Waals surface area (Å²) >= 11 is 0. The average molecular weight is 170 g/mol. The van der Waals surface area contributed by atoms with E-state index >= 15 is 0 Å². The molecule has 0 aromatic carbocycles. The fraction of sp³-hybridized carbons (Fsp3) is 1.00. The predicted molar refractivity (Wildman–Crippen MR) is 52.2 cm³/mol. The van der Waals surface area contributed by atoms with Gasteiger partial charge in [0.2, 0.25) is 0 Å². The van der Waals surface area contributed by atoms with E-state index < -0.39 is 0 Å². The van der Waals surface area contributed by atoms with E-state index in [1.54, 1.807) is 0 Å². The third-order valence-electron chi connectivity index (χ3n) is 3.39. The maximum absolute atomic E-state index is 5.94. The Morgan fingerprint density at radius 2 is 1.92 bits per heavy atom. The van der Waals surface area contributed by atoms with Crippen molar-refractivity contribution < 1.29 is 4.74 Å². The van der Waals surface area contributed by atoms with E-state index in [1.807, 2.05) is 0 Å². The van der Waals surface area contributed by atoms with Gasteiger partial charge in [0.15, 0.2) is 0 Å². The molecule has 0 bridgehead atoms. The molecule has 2 atom stereocenters. The highest BCUT2D eigenvalue weighted by atomic mass is 16.5. The summed E-state index contributed by atoms with van der Waals surface area (Å²) in [5.74, 6) is 0.750. The van der Waals surface area contributed by atoms with Crippen LogP contribution in [0.1, 0.15) is 47.5 Å². The minimum atomic E-state index is 0.0967. The van der Waals surface area contributed by atoms with Crippen LogP contribution >= 0.6 is 0 Å². The first-order chi connectivity index (χ1) is 5.35. The summed E-state index contributed by atoms with van der Waals surface area (Å²) in [4.78, 5) is 0. The van der Waals surface area contributed by atoms with Crippen molar-refractivity contribution in [1.82, 2.24) is 0 Å². The van der Waals surface area contributed by atoms with Crippen molar-refractivity contribution in [1.29, 1.82) is 0 Å². The SMILES string of the molecule is CC1CCC(C)(C(C)(C)C)OC1. The van der Waals surface area contributed by atoms with Crippen molar-refractivity contribution in [3.05, 3.63) is 0 Å². The Morgan fingerprint density at radius 1 is 1.33 bits per heavy atom. The van der Waals surface area contributed by atoms with Crippen LogP contribution in [0.2, 0.25) is 0 Å². The number of rotatable bonds is 0. The van der Waals surface area contributed by atoms with Crippen molar-refractivity contribution in [2.45, 2.75) is 53.1 Å². The zero-order valence-electron chi connectivity index (χ0n) is 9.11. The predicted octanol–water partition coefficient (Wildman–Crippen LogP) is 3.24. The molecule has 12 heavy (non-hydrogen) atoms. The van der Waals surface area contributed by atoms with Gasteiger partial charge in [-0.3, -0.25) is 0 Å². The summed E-state index contributed by atoms with van der Waals surface area (Å²) in [5.41, 5.74) is 0.368. The first-order valence-electron chi connectivity index (χ1n) is 4.99. The van der Waals surface area contributed by atoms with Gasteiger partial charge in [-0.25, -0.2) is 0 Å². The smallest absolute Gasteiger partial charge is 0.0702 e. The quantitative estimate of drug-likeness (QED) is 0.542. The van der Waals surface area contributed by atoms with Gasteiger partial charge in [0.05, 0.1) is 5.60 Å². The van der Waals surface area contributed by atoms with Gasteiger partial charge in [0.25, 0.3) is 0 Å². The molecule has 1 saturated heterocycles. The number of hydrogen-bond acceptors (Lipinski definition) is 1. The van der Waals surface area contributed by atoms with Gasteiger partial charge in [0, 0.05) is 6.61 Å². The second kappa shape index (κ2) is 3.02. The van der Waals surface area contributed by atoms with Crippen LogP contribution in [0, 0.1) is 11.3 Å². The molecule has 1 aliphatic rings. The highest BCUT2D eigenvalue weighted by molar-refractivity contribution is 4.90. The summed E-state index contributed by atoms with van der Waals surface area (Å²) in [6.45, 7) is 12.3. The molecular formula is C11H22O. The van der Waals surface area contributed by atoms with Crippen LogP contribution in [-0.2, 0) is 4.74 Å². The standard InChI is InChI=1S/C11H22O/c1-9-6-7-11(5,12-8-9)10(2,3)4/h9H,6-8H2,1-5H3. The Morgan fingerprint density at radius 3 is 2.25 bits per heavy atom. The van der Waals surface area contributed by atoms with Crippen molar-refractivity contribution in [2.75, 3.05) is 6.61 Å². The van der Waals surface area contributed by atoms with E-state index in [-0.39, 0.29) is 11.0 Å². The second-order valence-corrected chi connectivity index (χ2v) is 5.44. The van der Waals surface area contributed by atoms with Crippen LogP contribution in [0.5, 0.6) is 0 Å². The lowest BCUT2D eigenvalue weighted by molar-refractivity contribution is -0.145. The maximum atomic E-state index is 5.94. The Labute approximate surface area is 76.5 Å². The highest BCUT2D eigenvalue weighted by Gasteiger charge is 2.40. The summed E-state index contributed by atoms with van der Waals surface area (Å²) < 4.78 is 5.94. The highest BCUT2D eigenvalue weighted by Crippen LogP contribution is 2.41. The topological polar surface area (TPSA) is 9.23 Å². The molecule has 2 unspecified atom stereocenters. The summed E-state index contributed by atoms with van der Waals surface area (Å²) in [5, 5.41) is 0. The monoisotopic (exact) mass is 170 g/mol. The van der Waals surface area contributed by atoms with E-state index in [0.717, 1.165) is 12.5 Å². The molecule has 1 fully saturated rings. The van der Waals surface area contributed by atoms with E-state index in [0.29, 0.717) is 0 Å². The Balaban J connectivity index is 2.62. The van der Waals surface area contributed by atoms with Crippen LogP contribution in [0.15, 0.2) is 0 Å². The van der Waals surface area contributed by atoms with E-state index in [2.05, 4.69) is 34.6 Å². The maximum Gasteiger partial charge on any atom is 0.0702 e. The Bertz CT molecular complexity index is 147. The Kier molecular flexibility index (Phi) is 2.53. The number of hydrogen-bond donors (Lipinski definition) is 0. The molecule has 0 aliphatic carbocycles. The molecule has 0 N–H and O–H groups in total. The van der Waals surface area contributed by atoms with Crippen LogP contribution in [0.3, 0.4) is 0 Å². The summed E-state index contributed by atoms with van der Waals surface area (Å²) in [6.07, 6.45) is 2.52. The molecule has 1 heteroatoms. The first-order valence-corrected chi connectivity index (χ1v) is 4.99. The molecule has 1 nitrogen and oxygen atoms in total. The molecule has 0 saturated carbocycles. The van der Waals surface area contributed by atoms with Crippen LogP contribution < -0.4 is 0 Å². The molecule has 72 valence electrons. The third kappa shape index (κ3) is 1.82. The van der Waals surface area contributed by atoms with Gasteiger partial charge in [-0.05, 0) is 31.1 Å². The van der Waals surface area contributed by atoms with Crippen molar-refractivity contribution in [2.24, 2.45) is 11.3 Å². The minimum absolute atomic E-state index is 0.0967. The molecule has 0 radical (unpaired) electrons. The van der Waals surface area contributed by atoms with Crippen molar-refractivity contribution in [3.8, 4) is 0 Å². The van der Waals surface area contributed by atoms with Crippen LogP contribution in [-0.4, -0.2) is 12.2 Å². The van der Waals surface area contributed by atoms with Crippen molar-refractivity contribution >= 4 is 0 Å². The zero-order chi connectivity index (χ0) is 9.41. The average Bonchev–Trinajstić information content (AvgIpc) is 1.93. The number of ether oxygens (including phenoxy) is 1. The van der Waals surface area contributed by atoms with Gasteiger partial charge in [-0.15, -0.1) is 0 Å². The Hall–Kier alpha value is -0.0400. The van der Waals surface area contributed by atoms with Crippen LogP contribution in [0.4, 0.5) is 0 Å². The molecule has 0 aromatic rings. The fourth-order valence-electron chi connectivity index (χ4n) is 1.60. The molecule has 1 aliphatic heterocycles. The zero-order valence-corrected chi connectivity index (χ0v) is 9.11. The molecule has 1 rings (SSSR count). The summed E-state index contributed by atoms with van der Waals surface area (Å²) in [6, 6.07) is 0. The largest absolute Gasteiger partial charge is 0.374 e. The fourth-order valence-corrected chi connectivity index (χ4v) is 1.60. The second-order valence-electron chi connectivity index (χ2n) is 5.44. The minimum Gasteiger partial charge on any atom is -0.374 e. The van der Waals surface area contributed by atoms with Crippen molar-refractivity contribution in [3.63, 3.8) is 0 Å². The van der Waals surface area contributed by atoms with Gasteiger partial charge in [-0.1, -0.05) is 27.7 Å².